The monoisotopic (exact) mass is 272 g/mol. The second-order valence-corrected chi connectivity index (χ2v) is 4.92. The van der Waals surface area contributed by atoms with Gasteiger partial charge in [-0.15, -0.1) is 0 Å². The van der Waals surface area contributed by atoms with Crippen LogP contribution in [0.5, 0.6) is 0 Å². The van der Waals surface area contributed by atoms with Crippen LogP contribution in [0.3, 0.4) is 0 Å². The van der Waals surface area contributed by atoms with Crippen LogP contribution < -0.4 is 0 Å². The largest absolute Gasteiger partial charge is 0.384 e. The van der Waals surface area contributed by atoms with Crippen molar-refractivity contribution in [1.29, 1.82) is 5.26 Å². The lowest BCUT2D eigenvalue weighted by atomic mass is 10.1. The summed E-state index contributed by atoms with van der Waals surface area (Å²) in [5, 5.41) is 17.4. The van der Waals surface area contributed by atoms with Crippen LogP contribution in [0.15, 0.2) is 18.2 Å². The molecular weight excluding hydrogens is 255 g/mol. The lowest BCUT2D eigenvalue weighted by Gasteiger charge is -2.20. The number of rotatable bonds is 5. The molecule has 3 nitrogen and oxygen atoms in total. The van der Waals surface area contributed by atoms with Gasteiger partial charge in [0.15, 0.2) is 0 Å². The molecule has 0 saturated heterocycles. The average Bonchev–Trinajstić information content (AvgIpc) is 3.25. The molecule has 2 rings (SSSR count). The normalized spacial score (nSPS) is 13.7. The number of nitrogens with zero attached hydrogens (tertiary/aromatic N) is 2. The summed E-state index contributed by atoms with van der Waals surface area (Å²) in [4.78, 5) is 2.22. The zero-order chi connectivity index (χ0) is 14.4. The predicted octanol–water partition coefficient (Wildman–Crippen LogP) is 2.05. The van der Waals surface area contributed by atoms with Gasteiger partial charge in [0, 0.05) is 31.1 Å². The Morgan fingerprint density at radius 3 is 2.80 bits per heavy atom. The summed E-state index contributed by atoms with van der Waals surface area (Å²) in [5.41, 5.74) is 1.43. The summed E-state index contributed by atoms with van der Waals surface area (Å²) in [6.07, 6.45) is 2.79. The van der Waals surface area contributed by atoms with E-state index in [9.17, 15) is 4.39 Å². The molecule has 0 radical (unpaired) electrons. The van der Waals surface area contributed by atoms with Crippen LogP contribution in [0.25, 0.3) is 0 Å². The van der Waals surface area contributed by atoms with E-state index in [0.29, 0.717) is 24.6 Å². The lowest BCUT2D eigenvalue weighted by molar-refractivity contribution is 0.260. The topological polar surface area (TPSA) is 47.3 Å². The average molecular weight is 272 g/mol. The van der Waals surface area contributed by atoms with E-state index < -0.39 is 0 Å². The van der Waals surface area contributed by atoms with Gasteiger partial charge in [0.05, 0.1) is 6.07 Å². The first-order valence-corrected chi connectivity index (χ1v) is 6.73. The van der Waals surface area contributed by atoms with Gasteiger partial charge in [-0.3, -0.25) is 4.90 Å². The van der Waals surface area contributed by atoms with Crippen molar-refractivity contribution in [2.24, 2.45) is 0 Å². The van der Waals surface area contributed by atoms with Crippen molar-refractivity contribution in [2.45, 2.75) is 31.8 Å². The third-order valence-corrected chi connectivity index (χ3v) is 3.23. The van der Waals surface area contributed by atoms with E-state index in [4.69, 9.17) is 10.4 Å². The third-order valence-electron chi connectivity index (χ3n) is 3.23. The van der Waals surface area contributed by atoms with Crippen LogP contribution >= 0.6 is 0 Å². The maximum absolute atomic E-state index is 13.6. The predicted molar refractivity (Wildman–Crippen MR) is 74.0 cm³/mol. The van der Waals surface area contributed by atoms with E-state index in [1.54, 1.807) is 0 Å². The van der Waals surface area contributed by atoms with Crippen LogP contribution in [0.2, 0.25) is 0 Å². The first-order chi connectivity index (χ1) is 9.72. The standard InChI is InChI=1S/C16H17FN2O/c17-15-10-13(3-1-8-20)9-14(11-15)12-19(7-2-6-18)16-4-5-16/h9-11,16,20H,2,4-5,7-8,12H2. The molecule has 1 aromatic carbocycles. The second kappa shape index (κ2) is 7.05. The zero-order valence-corrected chi connectivity index (χ0v) is 11.3. The minimum absolute atomic E-state index is 0.234. The number of hydrogen-bond donors (Lipinski definition) is 1. The molecule has 104 valence electrons. The van der Waals surface area contributed by atoms with E-state index >= 15 is 0 Å². The molecule has 1 fully saturated rings. The Labute approximate surface area is 118 Å². The Bertz CT molecular complexity index is 564. The maximum Gasteiger partial charge on any atom is 0.124 e. The highest BCUT2D eigenvalue weighted by Gasteiger charge is 2.28. The van der Waals surface area contributed by atoms with E-state index in [1.807, 2.05) is 6.07 Å². The van der Waals surface area contributed by atoms with Gasteiger partial charge in [0.2, 0.25) is 0 Å². The van der Waals surface area contributed by atoms with Gasteiger partial charge >= 0.3 is 0 Å². The lowest BCUT2D eigenvalue weighted by Crippen LogP contribution is -2.26. The molecule has 1 aliphatic rings. The molecule has 0 spiro atoms. The van der Waals surface area contributed by atoms with Gasteiger partial charge in [-0.1, -0.05) is 11.8 Å². The molecule has 1 aliphatic carbocycles. The van der Waals surface area contributed by atoms with Crippen LogP contribution in [-0.4, -0.2) is 29.2 Å². The van der Waals surface area contributed by atoms with Gasteiger partial charge < -0.3 is 5.11 Å². The van der Waals surface area contributed by atoms with Gasteiger partial charge in [-0.2, -0.15) is 5.26 Å². The molecule has 20 heavy (non-hydrogen) atoms. The van der Waals surface area contributed by atoms with E-state index in [1.165, 1.54) is 12.1 Å². The highest BCUT2D eigenvalue weighted by molar-refractivity contribution is 5.37. The second-order valence-electron chi connectivity index (χ2n) is 4.92. The molecule has 0 heterocycles. The fourth-order valence-electron chi connectivity index (χ4n) is 2.21. The summed E-state index contributed by atoms with van der Waals surface area (Å²) in [5.74, 6) is 4.93. The Morgan fingerprint density at radius 1 is 1.35 bits per heavy atom. The zero-order valence-electron chi connectivity index (χ0n) is 11.3. The van der Waals surface area contributed by atoms with E-state index in [0.717, 1.165) is 24.9 Å². The maximum atomic E-state index is 13.6. The molecule has 1 aromatic rings. The molecule has 0 unspecified atom stereocenters. The summed E-state index contributed by atoms with van der Waals surface area (Å²) in [6, 6.07) is 7.39. The van der Waals surface area contributed by atoms with Crippen LogP contribution in [0, 0.1) is 29.0 Å². The number of benzene rings is 1. The van der Waals surface area contributed by atoms with Crippen molar-refractivity contribution in [3.63, 3.8) is 0 Å². The van der Waals surface area contributed by atoms with E-state index in [2.05, 4.69) is 22.8 Å². The van der Waals surface area contributed by atoms with Crippen molar-refractivity contribution in [1.82, 2.24) is 4.90 Å². The quantitative estimate of drug-likeness (QED) is 0.834. The first-order valence-electron chi connectivity index (χ1n) is 6.73. The Kier molecular flexibility index (Phi) is 5.12. The molecule has 0 amide bonds. The Hall–Kier alpha value is -1.88. The number of aliphatic hydroxyl groups excluding tert-OH is 1. The number of halogens is 1. The molecule has 0 atom stereocenters. The van der Waals surface area contributed by atoms with Crippen molar-refractivity contribution in [2.75, 3.05) is 13.2 Å². The molecule has 4 heteroatoms. The van der Waals surface area contributed by atoms with Crippen molar-refractivity contribution < 1.29 is 9.50 Å². The fourth-order valence-corrected chi connectivity index (χ4v) is 2.21. The van der Waals surface area contributed by atoms with E-state index in [-0.39, 0.29) is 12.4 Å². The fraction of sp³-hybridized carbons (Fsp3) is 0.438. The third kappa shape index (κ3) is 4.35. The summed E-state index contributed by atoms with van der Waals surface area (Å²) >= 11 is 0. The molecular formula is C16H17FN2O. The van der Waals surface area contributed by atoms with Crippen LogP contribution in [-0.2, 0) is 6.54 Å². The van der Waals surface area contributed by atoms with Crippen molar-refractivity contribution in [3.05, 3.63) is 35.1 Å². The number of nitriles is 1. The molecule has 0 aliphatic heterocycles. The van der Waals surface area contributed by atoms with Crippen LogP contribution in [0.4, 0.5) is 4.39 Å². The smallest absolute Gasteiger partial charge is 0.124 e. The molecule has 1 saturated carbocycles. The summed E-state index contributed by atoms with van der Waals surface area (Å²) in [6.45, 7) is 1.12. The molecule has 0 bridgehead atoms. The Balaban J connectivity index is 2.10. The van der Waals surface area contributed by atoms with Gasteiger partial charge in [-0.25, -0.2) is 4.39 Å². The number of hydrogen-bond acceptors (Lipinski definition) is 3. The highest BCUT2D eigenvalue weighted by atomic mass is 19.1. The van der Waals surface area contributed by atoms with Gasteiger partial charge in [0.25, 0.3) is 0 Å². The minimum atomic E-state index is -0.319. The van der Waals surface area contributed by atoms with Crippen molar-refractivity contribution in [3.8, 4) is 17.9 Å². The summed E-state index contributed by atoms with van der Waals surface area (Å²) < 4.78 is 13.6. The van der Waals surface area contributed by atoms with Crippen molar-refractivity contribution >= 4 is 0 Å². The molecule has 1 N–H and O–H groups in total. The minimum Gasteiger partial charge on any atom is -0.384 e. The first kappa shape index (κ1) is 14.5. The SMILES string of the molecule is N#CCCN(Cc1cc(F)cc(C#CCO)c1)C1CC1. The number of aliphatic hydroxyl groups is 1. The Morgan fingerprint density at radius 2 is 2.15 bits per heavy atom. The van der Waals surface area contributed by atoms with Gasteiger partial charge in [-0.05, 0) is 36.6 Å². The molecule has 0 aromatic heterocycles. The van der Waals surface area contributed by atoms with Crippen LogP contribution in [0.1, 0.15) is 30.4 Å². The van der Waals surface area contributed by atoms with Gasteiger partial charge in [0.1, 0.15) is 12.4 Å². The highest BCUT2D eigenvalue weighted by Crippen LogP contribution is 2.28. The summed E-state index contributed by atoms with van der Waals surface area (Å²) in [7, 11) is 0.